The van der Waals surface area contributed by atoms with E-state index in [1.165, 1.54) is 31.9 Å². The van der Waals surface area contributed by atoms with Crippen molar-refractivity contribution in [3.63, 3.8) is 0 Å². The molecule has 1 N–H and O–H groups in total. The Labute approximate surface area is 103 Å². The Hall–Kier alpha value is -0.870. The summed E-state index contributed by atoms with van der Waals surface area (Å²) in [6.45, 7) is 6.98. The van der Waals surface area contributed by atoms with Crippen LogP contribution in [0.4, 0.5) is 0 Å². The number of nitrogens with zero attached hydrogens (tertiary/aromatic N) is 3. The van der Waals surface area contributed by atoms with Crippen LogP contribution < -0.4 is 5.32 Å². The van der Waals surface area contributed by atoms with Gasteiger partial charge in [-0.25, -0.2) is 4.98 Å². The van der Waals surface area contributed by atoms with Crippen LogP contribution in [0.15, 0.2) is 12.4 Å². The first kappa shape index (κ1) is 11.2. The van der Waals surface area contributed by atoms with Crippen LogP contribution in [0, 0.1) is 11.8 Å². The average Bonchev–Trinajstić information content (AvgIpc) is 2.96. The third-order valence-corrected chi connectivity index (χ3v) is 4.51. The van der Waals surface area contributed by atoms with Gasteiger partial charge in [0.1, 0.15) is 5.82 Å². The Morgan fingerprint density at radius 1 is 1.47 bits per heavy atom. The lowest BCUT2D eigenvalue weighted by molar-refractivity contribution is 0.204. The van der Waals surface area contributed by atoms with Gasteiger partial charge >= 0.3 is 0 Å². The van der Waals surface area contributed by atoms with E-state index in [0.717, 1.165) is 24.4 Å². The summed E-state index contributed by atoms with van der Waals surface area (Å²) in [7, 11) is 2.09. The molecule has 94 valence electrons. The molecular weight excluding hydrogens is 212 g/mol. The molecule has 1 aromatic heterocycles. The molecule has 0 spiro atoms. The molecule has 3 atom stereocenters. The van der Waals surface area contributed by atoms with E-state index < -0.39 is 0 Å². The van der Waals surface area contributed by atoms with Crippen molar-refractivity contribution >= 4 is 0 Å². The van der Waals surface area contributed by atoms with Gasteiger partial charge in [0.2, 0.25) is 0 Å². The number of aromatic nitrogens is 2. The molecule has 17 heavy (non-hydrogen) atoms. The van der Waals surface area contributed by atoms with Crippen LogP contribution in [0.5, 0.6) is 0 Å². The van der Waals surface area contributed by atoms with Crippen LogP contribution in [0.2, 0.25) is 0 Å². The van der Waals surface area contributed by atoms with Crippen LogP contribution in [-0.2, 0) is 13.6 Å². The zero-order valence-electron chi connectivity index (χ0n) is 10.8. The monoisotopic (exact) mass is 234 g/mol. The van der Waals surface area contributed by atoms with Crippen LogP contribution in [0.1, 0.15) is 19.2 Å². The zero-order chi connectivity index (χ0) is 11.8. The van der Waals surface area contributed by atoms with Crippen LogP contribution >= 0.6 is 0 Å². The molecule has 2 aliphatic rings. The van der Waals surface area contributed by atoms with E-state index in [1.54, 1.807) is 0 Å². The van der Waals surface area contributed by atoms with E-state index in [-0.39, 0.29) is 0 Å². The third-order valence-electron chi connectivity index (χ3n) is 4.51. The zero-order valence-corrected chi connectivity index (χ0v) is 10.8. The Morgan fingerprint density at radius 3 is 3.06 bits per heavy atom. The van der Waals surface area contributed by atoms with Gasteiger partial charge < -0.3 is 9.88 Å². The van der Waals surface area contributed by atoms with Gasteiger partial charge in [-0.3, -0.25) is 4.90 Å². The van der Waals surface area contributed by atoms with Crippen LogP contribution in [-0.4, -0.2) is 40.1 Å². The van der Waals surface area contributed by atoms with Crippen molar-refractivity contribution in [2.75, 3.05) is 19.6 Å². The largest absolute Gasteiger partial charge is 0.337 e. The lowest BCUT2D eigenvalue weighted by Crippen LogP contribution is -2.35. The number of hydrogen-bond acceptors (Lipinski definition) is 3. The summed E-state index contributed by atoms with van der Waals surface area (Å²) in [4.78, 5) is 7.09. The standard InChI is InChI=1S/C13H22N4/c1-3-12-11-7-14-6-10(11)8-17(12)9-13-15-4-5-16(13)2/h4-5,10-12,14H,3,6-9H2,1-2H3. The van der Waals surface area contributed by atoms with Gasteiger partial charge in [0.25, 0.3) is 0 Å². The van der Waals surface area contributed by atoms with E-state index in [4.69, 9.17) is 0 Å². The summed E-state index contributed by atoms with van der Waals surface area (Å²) < 4.78 is 2.14. The van der Waals surface area contributed by atoms with Crippen molar-refractivity contribution in [2.24, 2.45) is 18.9 Å². The maximum absolute atomic E-state index is 4.45. The number of nitrogens with one attached hydrogen (secondary N) is 1. The number of fused-ring (bicyclic) bond motifs is 1. The average molecular weight is 234 g/mol. The lowest BCUT2D eigenvalue weighted by atomic mass is 9.93. The molecule has 3 unspecified atom stereocenters. The van der Waals surface area contributed by atoms with E-state index in [9.17, 15) is 0 Å². The molecule has 0 saturated carbocycles. The summed E-state index contributed by atoms with van der Waals surface area (Å²) >= 11 is 0. The van der Waals surface area contributed by atoms with Gasteiger partial charge in [-0.05, 0) is 31.3 Å². The van der Waals surface area contributed by atoms with Crippen molar-refractivity contribution in [1.82, 2.24) is 19.8 Å². The maximum Gasteiger partial charge on any atom is 0.122 e. The van der Waals surface area contributed by atoms with Gasteiger partial charge in [-0.1, -0.05) is 6.92 Å². The SMILES string of the molecule is CCC1C2CNCC2CN1Cc1nccn1C. The Balaban J connectivity index is 1.73. The van der Waals surface area contributed by atoms with Crippen molar-refractivity contribution in [2.45, 2.75) is 25.9 Å². The van der Waals surface area contributed by atoms with Crippen molar-refractivity contribution in [3.8, 4) is 0 Å². The second-order valence-corrected chi connectivity index (χ2v) is 5.44. The fourth-order valence-electron chi connectivity index (χ4n) is 3.58. The molecule has 0 aliphatic carbocycles. The molecule has 0 radical (unpaired) electrons. The smallest absolute Gasteiger partial charge is 0.122 e. The fourth-order valence-corrected chi connectivity index (χ4v) is 3.58. The highest BCUT2D eigenvalue weighted by atomic mass is 15.2. The molecule has 0 bridgehead atoms. The highest BCUT2D eigenvalue weighted by Crippen LogP contribution is 2.34. The van der Waals surface area contributed by atoms with Crippen molar-refractivity contribution in [3.05, 3.63) is 18.2 Å². The Bertz CT molecular complexity index is 387. The predicted molar refractivity (Wildman–Crippen MR) is 67.5 cm³/mol. The predicted octanol–water partition coefficient (Wildman–Crippen LogP) is 0.850. The van der Waals surface area contributed by atoms with E-state index in [0.29, 0.717) is 0 Å². The number of likely N-dealkylation sites (tertiary alicyclic amines) is 1. The molecule has 0 aromatic carbocycles. The number of aryl methyl sites for hydroxylation is 1. The summed E-state index contributed by atoms with van der Waals surface area (Å²) in [5, 5.41) is 3.53. The Morgan fingerprint density at radius 2 is 2.35 bits per heavy atom. The lowest BCUT2D eigenvalue weighted by Gasteiger charge is -2.26. The van der Waals surface area contributed by atoms with Crippen molar-refractivity contribution < 1.29 is 0 Å². The third kappa shape index (κ3) is 1.89. The molecule has 1 aromatic rings. The summed E-state index contributed by atoms with van der Waals surface area (Å²) in [5.74, 6) is 2.91. The summed E-state index contributed by atoms with van der Waals surface area (Å²) in [5.41, 5.74) is 0. The first-order valence-corrected chi connectivity index (χ1v) is 6.70. The van der Waals surface area contributed by atoms with Crippen LogP contribution in [0.25, 0.3) is 0 Å². The minimum absolute atomic E-state index is 0.742. The minimum atomic E-state index is 0.742. The molecule has 0 amide bonds. The second-order valence-electron chi connectivity index (χ2n) is 5.44. The number of rotatable bonds is 3. The first-order valence-electron chi connectivity index (χ1n) is 6.70. The topological polar surface area (TPSA) is 33.1 Å². The van der Waals surface area contributed by atoms with E-state index >= 15 is 0 Å². The van der Waals surface area contributed by atoms with Gasteiger partial charge in [0, 0.05) is 32.0 Å². The molecule has 2 fully saturated rings. The number of hydrogen-bond donors (Lipinski definition) is 1. The highest BCUT2D eigenvalue weighted by Gasteiger charge is 2.43. The first-order chi connectivity index (χ1) is 8.29. The van der Waals surface area contributed by atoms with Gasteiger partial charge in [0.15, 0.2) is 0 Å². The quantitative estimate of drug-likeness (QED) is 0.841. The molecule has 2 aliphatic heterocycles. The van der Waals surface area contributed by atoms with Gasteiger partial charge in [0.05, 0.1) is 6.54 Å². The van der Waals surface area contributed by atoms with E-state index in [1.807, 2.05) is 12.4 Å². The summed E-state index contributed by atoms with van der Waals surface area (Å²) in [6.07, 6.45) is 5.19. The van der Waals surface area contributed by atoms with Gasteiger partial charge in [-0.15, -0.1) is 0 Å². The van der Waals surface area contributed by atoms with Crippen LogP contribution in [0.3, 0.4) is 0 Å². The second kappa shape index (κ2) is 4.42. The van der Waals surface area contributed by atoms with Gasteiger partial charge in [-0.2, -0.15) is 0 Å². The molecule has 3 rings (SSSR count). The van der Waals surface area contributed by atoms with E-state index in [2.05, 4.69) is 33.7 Å². The Kier molecular flexibility index (Phi) is 2.92. The molecule has 2 saturated heterocycles. The molecule has 4 nitrogen and oxygen atoms in total. The maximum atomic E-state index is 4.45. The summed E-state index contributed by atoms with van der Waals surface area (Å²) in [6, 6.07) is 0.742. The minimum Gasteiger partial charge on any atom is -0.337 e. The molecule has 3 heterocycles. The number of imidazole rings is 1. The molecule has 4 heteroatoms. The normalized spacial score (nSPS) is 33.2. The van der Waals surface area contributed by atoms with Crippen molar-refractivity contribution in [1.29, 1.82) is 0 Å². The fraction of sp³-hybridized carbons (Fsp3) is 0.769. The highest BCUT2D eigenvalue weighted by molar-refractivity contribution is 5.00. The molecular formula is C13H22N4.